The summed E-state index contributed by atoms with van der Waals surface area (Å²) in [5, 5.41) is 16.3. The summed E-state index contributed by atoms with van der Waals surface area (Å²) in [6, 6.07) is 0. The molecule has 0 aromatic rings. The van der Waals surface area contributed by atoms with E-state index in [2.05, 4.69) is 4.84 Å². The summed E-state index contributed by atoms with van der Waals surface area (Å²) in [6.45, 7) is -0.806. The lowest BCUT2D eigenvalue weighted by Crippen LogP contribution is -2.15. The van der Waals surface area contributed by atoms with Crippen LogP contribution in [-0.4, -0.2) is 28.6 Å². The maximum absolute atomic E-state index is 10.3. The molecule has 1 N–H and O–H groups in total. The van der Waals surface area contributed by atoms with Crippen molar-refractivity contribution in [3.8, 4) is 0 Å². The van der Waals surface area contributed by atoms with Crippen LogP contribution < -0.4 is 0 Å². The van der Waals surface area contributed by atoms with Gasteiger partial charge in [-0.1, -0.05) is 0 Å². The lowest BCUT2D eigenvalue weighted by Gasteiger charge is -1.93. The summed E-state index contributed by atoms with van der Waals surface area (Å²) < 4.78 is 0. The smallest absolute Gasteiger partial charge is 0.310 e. The lowest BCUT2D eigenvalue weighted by atomic mass is 10.3. The standard InChI is InChI=1S/C4H5NO6/c6-3(1-4(7)8)2-11-5(9)10/h1-2H2,(H,7,8). The van der Waals surface area contributed by atoms with Crippen LogP contribution in [0.5, 0.6) is 0 Å². The average Bonchev–Trinajstić information content (AvgIpc) is 1.82. The molecule has 0 aromatic heterocycles. The molecule has 0 aliphatic heterocycles. The van der Waals surface area contributed by atoms with Gasteiger partial charge in [0.05, 0.1) is 0 Å². The second-order valence-corrected chi connectivity index (χ2v) is 1.61. The Hall–Kier alpha value is -1.66. The molecule has 0 bridgehead atoms. The van der Waals surface area contributed by atoms with Crippen LogP contribution in [0, 0.1) is 10.1 Å². The van der Waals surface area contributed by atoms with Crippen molar-refractivity contribution in [2.24, 2.45) is 0 Å². The first kappa shape index (κ1) is 9.34. The summed E-state index contributed by atoms with van der Waals surface area (Å²) >= 11 is 0. The highest BCUT2D eigenvalue weighted by Gasteiger charge is 2.08. The zero-order valence-electron chi connectivity index (χ0n) is 5.35. The number of hydrogen-bond acceptors (Lipinski definition) is 5. The van der Waals surface area contributed by atoms with E-state index in [-0.39, 0.29) is 0 Å². The Labute approximate surface area is 60.7 Å². The topological polar surface area (TPSA) is 107 Å². The number of nitrogens with zero attached hydrogens (tertiary/aromatic N) is 1. The van der Waals surface area contributed by atoms with E-state index in [1.54, 1.807) is 0 Å². The van der Waals surface area contributed by atoms with Crippen molar-refractivity contribution < 1.29 is 24.6 Å². The molecule has 62 valence electrons. The van der Waals surface area contributed by atoms with Crippen LogP contribution >= 0.6 is 0 Å². The molecule has 0 rings (SSSR count). The van der Waals surface area contributed by atoms with Crippen molar-refractivity contribution in [3.63, 3.8) is 0 Å². The van der Waals surface area contributed by atoms with E-state index < -0.39 is 29.9 Å². The van der Waals surface area contributed by atoms with E-state index in [1.165, 1.54) is 0 Å². The Morgan fingerprint density at radius 3 is 2.45 bits per heavy atom. The number of carbonyl (C=O) groups excluding carboxylic acids is 1. The zero-order chi connectivity index (χ0) is 8.85. The second-order valence-electron chi connectivity index (χ2n) is 1.61. The summed E-state index contributed by atoms with van der Waals surface area (Å²) in [7, 11) is 0. The zero-order valence-corrected chi connectivity index (χ0v) is 5.35. The normalized spacial score (nSPS) is 8.73. The summed E-state index contributed by atoms with van der Waals surface area (Å²) in [5.74, 6) is -2.17. The first-order valence-corrected chi connectivity index (χ1v) is 2.53. The fraction of sp³-hybridized carbons (Fsp3) is 0.500. The van der Waals surface area contributed by atoms with Gasteiger partial charge in [-0.2, -0.15) is 0 Å². The third-order valence-corrected chi connectivity index (χ3v) is 0.679. The molecular weight excluding hydrogens is 158 g/mol. The van der Waals surface area contributed by atoms with Crippen molar-refractivity contribution >= 4 is 11.8 Å². The monoisotopic (exact) mass is 163 g/mol. The molecule has 0 fully saturated rings. The van der Waals surface area contributed by atoms with Gasteiger partial charge in [0.2, 0.25) is 0 Å². The maximum Gasteiger partial charge on any atom is 0.310 e. The molecule has 0 aliphatic rings. The average molecular weight is 163 g/mol. The van der Waals surface area contributed by atoms with Crippen LogP contribution in [0.3, 0.4) is 0 Å². The second kappa shape index (κ2) is 4.20. The molecule has 11 heavy (non-hydrogen) atoms. The number of Topliss-reactive ketones (excluding diaryl/α,β-unsaturated/α-hetero) is 1. The van der Waals surface area contributed by atoms with E-state index in [9.17, 15) is 19.7 Å². The minimum atomic E-state index is -1.33. The lowest BCUT2D eigenvalue weighted by molar-refractivity contribution is -0.754. The van der Waals surface area contributed by atoms with Gasteiger partial charge in [-0.3, -0.25) is 9.59 Å². The number of aliphatic carboxylic acids is 1. The molecule has 0 aromatic carbocycles. The fourth-order valence-corrected chi connectivity index (χ4v) is 0.344. The number of hydrogen-bond donors (Lipinski definition) is 1. The first-order chi connectivity index (χ1) is 5.02. The fourth-order valence-electron chi connectivity index (χ4n) is 0.344. The minimum absolute atomic E-state index is 0.756. The predicted octanol–water partition coefficient (Wildman–Crippen LogP) is -0.761. The largest absolute Gasteiger partial charge is 0.481 e. The van der Waals surface area contributed by atoms with E-state index in [0.717, 1.165) is 0 Å². The van der Waals surface area contributed by atoms with E-state index in [1.807, 2.05) is 0 Å². The summed E-state index contributed by atoms with van der Waals surface area (Å²) in [6.07, 6.45) is -0.756. The van der Waals surface area contributed by atoms with E-state index >= 15 is 0 Å². The van der Waals surface area contributed by atoms with Crippen LogP contribution in [-0.2, 0) is 14.4 Å². The van der Waals surface area contributed by atoms with Gasteiger partial charge in [-0.05, 0) is 0 Å². The van der Waals surface area contributed by atoms with Crippen LogP contribution in [0.15, 0.2) is 0 Å². The van der Waals surface area contributed by atoms with Gasteiger partial charge in [0.25, 0.3) is 5.09 Å². The number of carboxylic acid groups (broad SMARTS) is 1. The molecule has 7 nitrogen and oxygen atoms in total. The number of rotatable bonds is 5. The molecule has 0 saturated heterocycles. The minimum Gasteiger partial charge on any atom is -0.481 e. The Balaban J connectivity index is 3.53. The Bertz CT molecular complexity index is 187. The highest BCUT2D eigenvalue weighted by Crippen LogP contribution is 1.84. The molecule has 0 unspecified atom stereocenters. The first-order valence-electron chi connectivity index (χ1n) is 2.53. The van der Waals surface area contributed by atoms with Crippen molar-refractivity contribution in [2.75, 3.05) is 6.61 Å². The summed E-state index contributed by atoms with van der Waals surface area (Å²) in [4.78, 5) is 33.2. The highest BCUT2D eigenvalue weighted by molar-refractivity contribution is 5.95. The van der Waals surface area contributed by atoms with Crippen molar-refractivity contribution in [1.82, 2.24) is 0 Å². The van der Waals surface area contributed by atoms with Gasteiger partial charge in [0, 0.05) is 0 Å². The van der Waals surface area contributed by atoms with Gasteiger partial charge >= 0.3 is 5.97 Å². The molecule has 0 radical (unpaired) electrons. The van der Waals surface area contributed by atoms with Gasteiger partial charge in [-0.15, -0.1) is 10.1 Å². The number of carboxylic acids is 1. The van der Waals surface area contributed by atoms with Crippen LogP contribution in [0.4, 0.5) is 0 Å². The molecular formula is C4H5NO6. The number of ketones is 1. The van der Waals surface area contributed by atoms with Gasteiger partial charge in [-0.25, -0.2) is 0 Å². The third-order valence-electron chi connectivity index (χ3n) is 0.679. The van der Waals surface area contributed by atoms with Crippen molar-refractivity contribution in [3.05, 3.63) is 10.1 Å². The van der Waals surface area contributed by atoms with E-state index in [0.29, 0.717) is 0 Å². The molecule has 0 atom stereocenters. The number of carbonyl (C=O) groups is 2. The van der Waals surface area contributed by atoms with Crippen molar-refractivity contribution in [1.29, 1.82) is 0 Å². The van der Waals surface area contributed by atoms with Crippen LogP contribution in [0.2, 0.25) is 0 Å². The van der Waals surface area contributed by atoms with Gasteiger partial charge in [0.15, 0.2) is 12.4 Å². The maximum atomic E-state index is 10.3. The Morgan fingerprint density at radius 2 is 2.09 bits per heavy atom. The molecule has 0 aliphatic carbocycles. The molecule has 0 heterocycles. The van der Waals surface area contributed by atoms with Crippen LogP contribution in [0.1, 0.15) is 6.42 Å². The summed E-state index contributed by atoms with van der Waals surface area (Å²) in [5.41, 5.74) is 0. The molecule has 0 spiro atoms. The van der Waals surface area contributed by atoms with E-state index in [4.69, 9.17) is 5.11 Å². The van der Waals surface area contributed by atoms with Crippen LogP contribution in [0.25, 0.3) is 0 Å². The Kier molecular flexibility index (Phi) is 3.57. The quantitative estimate of drug-likeness (QED) is 0.324. The molecule has 0 amide bonds. The molecule has 7 heteroatoms. The van der Waals surface area contributed by atoms with Gasteiger partial charge < -0.3 is 9.94 Å². The highest BCUT2D eigenvalue weighted by atomic mass is 16.9. The molecule has 0 saturated carbocycles. The third kappa shape index (κ3) is 6.22. The van der Waals surface area contributed by atoms with Gasteiger partial charge in [0.1, 0.15) is 6.42 Å². The van der Waals surface area contributed by atoms with Crippen molar-refractivity contribution in [2.45, 2.75) is 6.42 Å². The Morgan fingerprint density at radius 1 is 1.55 bits per heavy atom. The predicted molar refractivity (Wildman–Crippen MR) is 30.2 cm³/mol. The SMILES string of the molecule is O=C(O)CC(=O)CO[N+](=O)[O-].